The molecule has 1 aliphatic heterocycles. The van der Waals surface area contributed by atoms with Gasteiger partial charge in [-0.05, 0) is 25.2 Å². The molecule has 4 nitrogen and oxygen atoms in total. The first kappa shape index (κ1) is 10.0. The molecule has 4 heteroatoms. The molecule has 2 amide bonds. The summed E-state index contributed by atoms with van der Waals surface area (Å²) in [4.78, 5) is 22.7. The van der Waals surface area contributed by atoms with E-state index in [0.717, 1.165) is 38.8 Å². The van der Waals surface area contributed by atoms with Crippen molar-refractivity contribution in [2.24, 2.45) is 11.7 Å². The lowest BCUT2D eigenvalue weighted by atomic mass is 9.92. The lowest BCUT2D eigenvalue weighted by Crippen LogP contribution is -2.32. The minimum atomic E-state index is -0.224. The van der Waals surface area contributed by atoms with Crippen LogP contribution >= 0.6 is 0 Å². The topological polar surface area (TPSA) is 63.4 Å². The summed E-state index contributed by atoms with van der Waals surface area (Å²) in [5.41, 5.74) is 5.06. The van der Waals surface area contributed by atoms with Crippen LogP contribution in [0, 0.1) is 5.92 Å². The number of likely N-dealkylation sites (tertiary alicyclic amines) is 1. The summed E-state index contributed by atoms with van der Waals surface area (Å²) < 4.78 is 0. The third-order valence-electron chi connectivity index (χ3n) is 2.60. The van der Waals surface area contributed by atoms with E-state index < -0.39 is 0 Å². The van der Waals surface area contributed by atoms with Crippen LogP contribution in [-0.4, -0.2) is 30.3 Å². The monoisotopic (exact) mass is 184 g/mol. The maximum atomic E-state index is 10.5. The van der Waals surface area contributed by atoms with Crippen LogP contribution in [0.1, 0.15) is 25.7 Å². The molecule has 0 aromatic rings. The van der Waals surface area contributed by atoms with Crippen molar-refractivity contribution >= 4 is 12.3 Å². The summed E-state index contributed by atoms with van der Waals surface area (Å²) in [6, 6.07) is 0. The molecule has 2 N–H and O–H groups in total. The standard InChI is InChI=1S/C9H16N2O2/c10-9(13)2-1-8-3-5-11(7-12)6-4-8/h7-8H,1-6H2,(H2,10,13). The summed E-state index contributed by atoms with van der Waals surface area (Å²) in [6.07, 6.45) is 4.26. The molecular weight excluding hydrogens is 168 g/mol. The molecule has 1 fully saturated rings. The molecule has 1 rings (SSSR count). The van der Waals surface area contributed by atoms with E-state index in [2.05, 4.69) is 0 Å². The second kappa shape index (κ2) is 4.84. The Morgan fingerprint density at radius 3 is 2.54 bits per heavy atom. The lowest BCUT2D eigenvalue weighted by molar-refractivity contribution is -0.120. The van der Waals surface area contributed by atoms with Crippen LogP contribution in [-0.2, 0) is 9.59 Å². The zero-order valence-corrected chi connectivity index (χ0v) is 7.74. The first-order valence-corrected chi connectivity index (χ1v) is 4.70. The third kappa shape index (κ3) is 3.44. The zero-order valence-electron chi connectivity index (χ0n) is 7.74. The molecule has 13 heavy (non-hydrogen) atoms. The van der Waals surface area contributed by atoms with Gasteiger partial charge in [0, 0.05) is 19.5 Å². The molecule has 0 aliphatic carbocycles. The molecular formula is C9H16N2O2. The molecule has 0 bridgehead atoms. The Bertz CT molecular complexity index is 186. The highest BCUT2D eigenvalue weighted by molar-refractivity contribution is 5.73. The Hall–Kier alpha value is -1.06. The number of nitrogens with two attached hydrogens (primary N) is 1. The van der Waals surface area contributed by atoms with Crippen LogP contribution in [0.2, 0.25) is 0 Å². The van der Waals surface area contributed by atoms with Crippen LogP contribution in [0.4, 0.5) is 0 Å². The van der Waals surface area contributed by atoms with Gasteiger partial charge in [0.2, 0.25) is 12.3 Å². The van der Waals surface area contributed by atoms with Gasteiger partial charge in [0.25, 0.3) is 0 Å². The predicted octanol–water partition coefficient (Wildman–Crippen LogP) is 0.120. The Morgan fingerprint density at radius 1 is 1.46 bits per heavy atom. The fraction of sp³-hybridized carbons (Fsp3) is 0.778. The molecule has 1 saturated heterocycles. The van der Waals surface area contributed by atoms with Crippen LogP contribution in [0.15, 0.2) is 0 Å². The number of piperidine rings is 1. The van der Waals surface area contributed by atoms with E-state index in [4.69, 9.17) is 5.73 Å². The molecule has 0 aromatic heterocycles. The Balaban J connectivity index is 2.17. The summed E-state index contributed by atoms with van der Waals surface area (Å²) >= 11 is 0. The summed E-state index contributed by atoms with van der Waals surface area (Å²) in [5.74, 6) is 0.349. The van der Waals surface area contributed by atoms with Gasteiger partial charge >= 0.3 is 0 Å². The SMILES string of the molecule is NC(=O)CCC1CCN(C=O)CC1. The average molecular weight is 184 g/mol. The van der Waals surface area contributed by atoms with E-state index in [0.29, 0.717) is 12.3 Å². The molecule has 74 valence electrons. The van der Waals surface area contributed by atoms with Crippen molar-refractivity contribution in [3.05, 3.63) is 0 Å². The molecule has 0 atom stereocenters. The molecule has 1 heterocycles. The largest absolute Gasteiger partial charge is 0.370 e. The maximum absolute atomic E-state index is 10.5. The lowest BCUT2D eigenvalue weighted by Gasteiger charge is -2.28. The minimum Gasteiger partial charge on any atom is -0.370 e. The second-order valence-electron chi connectivity index (χ2n) is 3.59. The average Bonchev–Trinajstić information content (AvgIpc) is 2.15. The second-order valence-corrected chi connectivity index (χ2v) is 3.59. The molecule has 0 unspecified atom stereocenters. The number of primary amides is 1. The van der Waals surface area contributed by atoms with Crippen LogP contribution in [0.3, 0.4) is 0 Å². The maximum Gasteiger partial charge on any atom is 0.217 e. The van der Waals surface area contributed by atoms with Crippen molar-refractivity contribution in [3.8, 4) is 0 Å². The summed E-state index contributed by atoms with van der Waals surface area (Å²) in [7, 11) is 0. The normalized spacial score (nSPS) is 18.6. The van der Waals surface area contributed by atoms with Gasteiger partial charge in [-0.3, -0.25) is 9.59 Å². The van der Waals surface area contributed by atoms with Crippen molar-refractivity contribution in [2.45, 2.75) is 25.7 Å². The zero-order chi connectivity index (χ0) is 9.68. The molecule has 0 aromatic carbocycles. The first-order valence-electron chi connectivity index (χ1n) is 4.70. The van der Waals surface area contributed by atoms with Gasteiger partial charge in [-0.1, -0.05) is 0 Å². The van der Waals surface area contributed by atoms with Gasteiger partial charge < -0.3 is 10.6 Å². The smallest absolute Gasteiger partial charge is 0.217 e. The van der Waals surface area contributed by atoms with E-state index in [1.54, 1.807) is 4.90 Å². The van der Waals surface area contributed by atoms with E-state index in [9.17, 15) is 9.59 Å². The summed E-state index contributed by atoms with van der Waals surface area (Å²) in [5, 5.41) is 0. The highest BCUT2D eigenvalue weighted by Crippen LogP contribution is 2.20. The van der Waals surface area contributed by atoms with Crippen molar-refractivity contribution < 1.29 is 9.59 Å². The summed E-state index contributed by atoms with van der Waals surface area (Å²) in [6.45, 7) is 1.65. The number of nitrogens with zero attached hydrogens (tertiary/aromatic N) is 1. The van der Waals surface area contributed by atoms with Gasteiger partial charge in [-0.2, -0.15) is 0 Å². The van der Waals surface area contributed by atoms with E-state index in [-0.39, 0.29) is 5.91 Å². The highest BCUT2D eigenvalue weighted by Gasteiger charge is 2.17. The molecule has 0 spiro atoms. The Morgan fingerprint density at radius 2 is 2.08 bits per heavy atom. The minimum absolute atomic E-state index is 0.224. The molecule has 0 radical (unpaired) electrons. The van der Waals surface area contributed by atoms with E-state index in [1.807, 2.05) is 0 Å². The highest BCUT2D eigenvalue weighted by atomic mass is 16.1. The van der Waals surface area contributed by atoms with Crippen molar-refractivity contribution in [2.75, 3.05) is 13.1 Å². The number of hydrogen-bond acceptors (Lipinski definition) is 2. The first-order chi connectivity index (χ1) is 6.22. The molecule has 1 aliphatic rings. The number of amides is 2. The van der Waals surface area contributed by atoms with Crippen LogP contribution < -0.4 is 5.73 Å². The number of carbonyl (C=O) groups excluding carboxylic acids is 2. The van der Waals surface area contributed by atoms with Gasteiger partial charge in [0.1, 0.15) is 0 Å². The number of hydrogen-bond donors (Lipinski definition) is 1. The fourth-order valence-corrected chi connectivity index (χ4v) is 1.69. The number of carbonyl (C=O) groups is 2. The fourth-order valence-electron chi connectivity index (χ4n) is 1.69. The van der Waals surface area contributed by atoms with Gasteiger partial charge in [0.05, 0.1) is 0 Å². The van der Waals surface area contributed by atoms with E-state index >= 15 is 0 Å². The van der Waals surface area contributed by atoms with E-state index in [1.165, 1.54) is 0 Å². The Kier molecular flexibility index (Phi) is 3.73. The van der Waals surface area contributed by atoms with Gasteiger partial charge in [0.15, 0.2) is 0 Å². The molecule has 0 saturated carbocycles. The van der Waals surface area contributed by atoms with Crippen molar-refractivity contribution in [3.63, 3.8) is 0 Å². The van der Waals surface area contributed by atoms with Crippen molar-refractivity contribution in [1.29, 1.82) is 0 Å². The van der Waals surface area contributed by atoms with Gasteiger partial charge in [-0.15, -0.1) is 0 Å². The van der Waals surface area contributed by atoms with Gasteiger partial charge in [-0.25, -0.2) is 0 Å². The number of rotatable bonds is 4. The predicted molar refractivity (Wildman–Crippen MR) is 48.8 cm³/mol. The third-order valence-corrected chi connectivity index (χ3v) is 2.60. The van der Waals surface area contributed by atoms with Crippen molar-refractivity contribution in [1.82, 2.24) is 4.90 Å². The van der Waals surface area contributed by atoms with Crippen LogP contribution in [0.5, 0.6) is 0 Å². The quantitative estimate of drug-likeness (QED) is 0.631. The Labute approximate surface area is 78.1 Å². The van der Waals surface area contributed by atoms with Crippen LogP contribution in [0.25, 0.3) is 0 Å².